The topological polar surface area (TPSA) is 73.6 Å². The van der Waals surface area contributed by atoms with Crippen molar-refractivity contribution in [1.82, 2.24) is 5.32 Å². The van der Waals surface area contributed by atoms with E-state index in [1.54, 1.807) is 0 Å². The average molecular weight is 391 g/mol. The molecular formula is C21H34N2O3Si. The van der Waals surface area contributed by atoms with Crippen LogP contribution in [0.4, 0.5) is 10.5 Å². The number of alkyl carbamates (subject to hydrolysis) is 1. The molecule has 3 N–H and O–H groups in total. The molecule has 0 bridgehead atoms. The lowest BCUT2D eigenvalue weighted by molar-refractivity contribution is 0.0535. The minimum atomic E-state index is -1.85. The standard InChI is InChI=1S/C21H34N2O3Si/c1-20(2,3)26-19(24)23-13-9-10-16-14-18(22)12-11-17(16)15-25-27(7,8)21(4,5)6/h11-12,14H,13,15,22H2,1-8H3,(H,23,24). The fourth-order valence-electron chi connectivity index (χ4n) is 1.88. The Kier molecular flexibility index (Phi) is 7.53. The SMILES string of the molecule is CC(C)(C)OC(=O)NCC#Cc1cc(N)ccc1CO[Si](C)(C)C(C)(C)C. The van der Waals surface area contributed by atoms with Crippen molar-refractivity contribution in [2.24, 2.45) is 0 Å². The molecule has 1 amide bonds. The van der Waals surface area contributed by atoms with Gasteiger partial charge in [0, 0.05) is 11.3 Å². The molecule has 0 fully saturated rings. The number of nitrogen functional groups attached to an aromatic ring is 1. The zero-order valence-corrected chi connectivity index (χ0v) is 18.9. The number of hydrogen-bond acceptors (Lipinski definition) is 4. The minimum absolute atomic E-state index is 0.143. The normalized spacial score (nSPS) is 12.1. The van der Waals surface area contributed by atoms with Crippen molar-refractivity contribution in [3.05, 3.63) is 29.3 Å². The number of hydrogen-bond donors (Lipinski definition) is 2. The number of nitrogens with one attached hydrogen (secondary N) is 1. The van der Waals surface area contributed by atoms with Gasteiger partial charge in [0.05, 0.1) is 13.2 Å². The third-order valence-electron chi connectivity index (χ3n) is 4.47. The highest BCUT2D eigenvalue weighted by Gasteiger charge is 2.37. The monoisotopic (exact) mass is 390 g/mol. The first-order valence-corrected chi connectivity index (χ1v) is 12.1. The Morgan fingerprint density at radius 3 is 2.37 bits per heavy atom. The summed E-state index contributed by atoms with van der Waals surface area (Å²) in [5, 5.41) is 2.77. The third kappa shape index (κ3) is 8.06. The number of ether oxygens (including phenoxy) is 1. The van der Waals surface area contributed by atoms with Crippen molar-refractivity contribution in [3.8, 4) is 11.8 Å². The number of carbonyl (C=O) groups excluding carboxylic acids is 1. The van der Waals surface area contributed by atoms with Crippen molar-refractivity contribution in [1.29, 1.82) is 0 Å². The van der Waals surface area contributed by atoms with Gasteiger partial charge in [-0.3, -0.25) is 0 Å². The molecule has 0 aliphatic carbocycles. The largest absolute Gasteiger partial charge is 0.444 e. The molecule has 0 heterocycles. The maximum absolute atomic E-state index is 11.7. The van der Waals surface area contributed by atoms with Crippen LogP contribution in [0, 0.1) is 11.8 Å². The number of rotatable bonds is 4. The van der Waals surface area contributed by atoms with Crippen LogP contribution in [0.5, 0.6) is 0 Å². The molecule has 0 unspecified atom stereocenters. The molecule has 0 radical (unpaired) electrons. The summed E-state index contributed by atoms with van der Waals surface area (Å²) >= 11 is 0. The van der Waals surface area contributed by atoms with Gasteiger partial charge < -0.3 is 20.2 Å². The molecule has 1 rings (SSSR count). The van der Waals surface area contributed by atoms with Gasteiger partial charge in [0.1, 0.15) is 5.60 Å². The van der Waals surface area contributed by atoms with Crippen molar-refractivity contribution >= 4 is 20.1 Å². The number of carbonyl (C=O) groups is 1. The van der Waals surface area contributed by atoms with Crippen LogP contribution in [0.1, 0.15) is 52.7 Å². The molecule has 0 aromatic heterocycles. The lowest BCUT2D eigenvalue weighted by Crippen LogP contribution is -2.40. The molecule has 27 heavy (non-hydrogen) atoms. The first-order chi connectivity index (χ1) is 12.2. The smallest absolute Gasteiger partial charge is 0.408 e. The Bertz CT molecular complexity index is 720. The number of amides is 1. The van der Waals surface area contributed by atoms with Gasteiger partial charge >= 0.3 is 6.09 Å². The van der Waals surface area contributed by atoms with Gasteiger partial charge in [-0.15, -0.1) is 0 Å². The van der Waals surface area contributed by atoms with Crippen LogP contribution in [-0.2, 0) is 15.8 Å². The Labute approximate surface area is 165 Å². The second kappa shape index (κ2) is 8.81. The van der Waals surface area contributed by atoms with Crippen LogP contribution in [0.3, 0.4) is 0 Å². The van der Waals surface area contributed by atoms with Crippen LogP contribution in [-0.4, -0.2) is 26.6 Å². The Balaban J connectivity index is 2.80. The van der Waals surface area contributed by atoms with E-state index in [-0.39, 0.29) is 11.6 Å². The van der Waals surface area contributed by atoms with E-state index in [9.17, 15) is 4.79 Å². The van der Waals surface area contributed by atoms with Crippen LogP contribution in [0.15, 0.2) is 18.2 Å². The van der Waals surface area contributed by atoms with Gasteiger partial charge in [0.2, 0.25) is 0 Å². The first kappa shape index (κ1) is 23.1. The summed E-state index contributed by atoms with van der Waals surface area (Å²) in [4.78, 5) is 11.7. The van der Waals surface area contributed by atoms with Crippen molar-refractivity contribution in [3.63, 3.8) is 0 Å². The molecule has 0 saturated carbocycles. The van der Waals surface area contributed by atoms with E-state index in [1.165, 1.54) is 0 Å². The highest BCUT2D eigenvalue weighted by atomic mass is 28.4. The minimum Gasteiger partial charge on any atom is -0.444 e. The molecule has 150 valence electrons. The maximum Gasteiger partial charge on any atom is 0.408 e. The quantitative estimate of drug-likeness (QED) is 0.445. The summed E-state index contributed by atoms with van der Waals surface area (Å²) in [7, 11) is -1.85. The molecule has 1 aromatic carbocycles. The number of anilines is 1. The van der Waals surface area contributed by atoms with E-state index in [1.807, 2.05) is 39.0 Å². The summed E-state index contributed by atoms with van der Waals surface area (Å²) in [5.74, 6) is 6.03. The second-order valence-corrected chi connectivity index (χ2v) is 13.9. The number of nitrogens with two attached hydrogens (primary N) is 1. The molecule has 0 aliphatic heterocycles. The van der Waals surface area contributed by atoms with Gasteiger partial charge in [-0.05, 0) is 56.6 Å². The van der Waals surface area contributed by atoms with Crippen molar-refractivity contribution in [2.45, 2.75) is 71.9 Å². The van der Waals surface area contributed by atoms with E-state index < -0.39 is 20.0 Å². The van der Waals surface area contributed by atoms with E-state index in [4.69, 9.17) is 14.9 Å². The highest BCUT2D eigenvalue weighted by molar-refractivity contribution is 6.74. The predicted octanol–water partition coefficient (Wildman–Crippen LogP) is 4.67. The molecule has 0 spiro atoms. The van der Waals surface area contributed by atoms with Gasteiger partial charge in [-0.2, -0.15) is 0 Å². The summed E-state index contributed by atoms with van der Waals surface area (Å²) in [6.45, 7) is 17.2. The zero-order valence-electron chi connectivity index (χ0n) is 17.9. The van der Waals surface area contributed by atoms with E-state index in [0.717, 1.165) is 11.1 Å². The van der Waals surface area contributed by atoms with Crippen LogP contribution < -0.4 is 11.1 Å². The Morgan fingerprint density at radius 1 is 1.19 bits per heavy atom. The van der Waals surface area contributed by atoms with E-state index in [2.05, 4.69) is 51.0 Å². The van der Waals surface area contributed by atoms with Crippen molar-refractivity contribution in [2.75, 3.05) is 12.3 Å². The maximum atomic E-state index is 11.7. The fourth-order valence-corrected chi connectivity index (χ4v) is 2.83. The van der Waals surface area contributed by atoms with E-state index in [0.29, 0.717) is 12.3 Å². The first-order valence-electron chi connectivity index (χ1n) is 9.19. The third-order valence-corrected chi connectivity index (χ3v) is 8.95. The summed E-state index contributed by atoms with van der Waals surface area (Å²) < 4.78 is 11.5. The average Bonchev–Trinajstić information content (AvgIpc) is 2.47. The van der Waals surface area contributed by atoms with Gasteiger partial charge in [0.15, 0.2) is 8.32 Å². The lowest BCUT2D eigenvalue weighted by Gasteiger charge is -2.36. The van der Waals surface area contributed by atoms with Crippen LogP contribution in [0.25, 0.3) is 0 Å². The highest BCUT2D eigenvalue weighted by Crippen LogP contribution is 2.37. The summed E-state index contributed by atoms with van der Waals surface area (Å²) in [5.41, 5.74) is 7.85. The number of benzene rings is 1. The summed E-state index contributed by atoms with van der Waals surface area (Å²) in [6, 6.07) is 5.65. The lowest BCUT2D eigenvalue weighted by atomic mass is 10.1. The van der Waals surface area contributed by atoms with Gasteiger partial charge in [-0.25, -0.2) is 4.79 Å². The molecule has 0 aliphatic rings. The molecule has 6 heteroatoms. The summed E-state index contributed by atoms with van der Waals surface area (Å²) in [6.07, 6.45) is -0.481. The Morgan fingerprint density at radius 2 is 1.81 bits per heavy atom. The molecule has 0 atom stereocenters. The van der Waals surface area contributed by atoms with Gasteiger partial charge in [0.25, 0.3) is 0 Å². The van der Waals surface area contributed by atoms with E-state index >= 15 is 0 Å². The molecular weight excluding hydrogens is 356 g/mol. The van der Waals surface area contributed by atoms with Gasteiger partial charge in [-0.1, -0.05) is 38.7 Å². The predicted molar refractivity (Wildman–Crippen MR) is 114 cm³/mol. The molecule has 0 saturated heterocycles. The van der Waals surface area contributed by atoms with Crippen LogP contribution >= 0.6 is 0 Å². The fraction of sp³-hybridized carbons (Fsp3) is 0.571. The second-order valence-electron chi connectivity index (χ2n) is 9.12. The zero-order chi connectivity index (χ0) is 20.9. The molecule has 1 aromatic rings. The Hall–Kier alpha value is -1.97. The van der Waals surface area contributed by atoms with Crippen molar-refractivity contribution < 1.29 is 14.0 Å². The molecule has 5 nitrogen and oxygen atoms in total. The van der Waals surface area contributed by atoms with Crippen LogP contribution in [0.2, 0.25) is 18.1 Å².